The predicted molar refractivity (Wildman–Crippen MR) is 81.0 cm³/mol. The molecule has 2 aromatic carbocycles. The van der Waals surface area contributed by atoms with Gasteiger partial charge in [-0.25, -0.2) is 0 Å². The summed E-state index contributed by atoms with van der Waals surface area (Å²) in [4.78, 5) is 10.6. The Morgan fingerprint density at radius 3 is 2.55 bits per heavy atom. The lowest BCUT2D eigenvalue weighted by Crippen LogP contribution is -1.88. The molecule has 0 aliphatic carbocycles. The molecule has 0 saturated heterocycles. The number of ether oxygens (including phenoxy) is 1. The third kappa shape index (κ3) is 2.24. The van der Waals surface area contributed by atoms with Crippen LogP contribution in [-0.2, 0) is 6.54 Å². The van der Waals surface area contributed by atoms with E-state index in [1.165, 1.54) is 13.2 Å². The molecule has 2 N–H and O–H groups in total. The fraction of sp³-hybridized carbons (Fsp3) is 0.125. The van der Waals surface area contributed by atoms with Crippen molar-refractivity contribution < 1.29 is 19.4 Å². The van der Waals surface area contributed by atoms with Crippen molar-refractivity contribution in [3.63, 3.8) is 0 Å². The van der Waals surface area contributed by atoms with E-state index in [9.17, 15) is 15.1 Å². The molecule has 6 heteroatoms. The summed E-state index contributed by atoms with van der Waals surface area (Å²) in [5.41, 5.74) is 1.57. The molecule has 112 valence electrons. The highest BCUT2D eigenvalue weighted by molar-refractivity contribution is 5.92. The van der Waals surface area contributed by atoms with Gasteiger partial charge in [0.2, 0.25) is 0 Å². The number of nitroso groups, excluding NO2 is 1. The number of methoxy groups -OCH3 is 1. The number of rotatable bonds is 4. The van der Waals surface area contributed by atoms with Gasteiger partial charge in [0.1, 0.15) is 23.8 Å². The summed E-state index contributed by atoms with van der Waals surface area (Å²) in [5, 5.41) is 22.8. The Balaban J connectivity index is 2.24. The monoisotopic (exact) mass is 299 g/mol. The Kier molecular flexibility index (Phi) is 3.42. The van der Waals surface area contributed by atoms with E-state index in [0.717, 1.165) is 5.56 Å². The maximum absolute atomic E-state index is 10.6. The summed E-state index contributed by atoms with van der Waals surface area (Å²) in [6.07, 6.45) is 0. The van der Waals surface area contributed by atoms with Crippen LogP contribution in [0.25, 0.3) is 22.3 Å². The molecule has 1 heterocycles. The zero-order valence-corrected chi connectivity index (χ0v) is 11.7. The van der Waals surface area contributed by atoms with Crippen molar-refractivity contribution in [3.8, 4) is 28.6 Å². The molecule has 0 bridgehead atoms. The molecule has 0 atom stereocenters. The Bertz CT molecular complexity index is 836. The maximum Gasteiger partial charge on any atom is 0.177 e. The van der Waals surface area contributed by atoms with Gasteiger partial charge in [0.15, 0.2) is 11.3 Å². The van der Waals surface area contributed by atoms with Gasteiger partial charge < -0.3 is 19.4 Å². The van der Waals surface area contributed by atoms with Crippen LogP contribution in [0.5, 0.6) is 17.2 Å². The molecule has 0 radical (unpaired) electrons. The van der Waals surface area contributed by atoms with Crippen LogP contribution in [0.4, 0.5) is 0 Å². The fourth-order valence-corrected chi connectivity index (χ4v) is 2.36. The third-order valence-corrected chi connectivity index (χ3v) is 3.45. The molecule has 0 fully saturated rings. The number of hydrogen-bond donors (Lipinski definition) is 2. The van der Waals surface area contributed by atoms with Crippen LogP contribution in [0.15, 0.2) is 46.0 Å². The molecule has 6 nitrogen and oxygen atoms in total. The molecule has 3 aromatic rings. The van der Waals surface area contributed by atoms with Crippen LogP contribution in [0.1, 0.15) is 5.56 Å². The molecule has 0 unspecified atom stereocenters. The van der Waals surface area contributed by atoms with E-state index in [1.807, 2.05) is 0 Å². The minimum absolute atomic E-state index is 0.0676. The second-order valence-corrected chi connectivity index (χ2v) is 4.76. The Morgan fingerprint density at radius 2 is 1.91 bits per heavy atom. The largest absolute Gasteiger partial charge is 0.508 e. The van der Waals surface area contributed by atoms with Gasteiger partial charge in [0.25, 0.3) is 0 Å². The van der Waals surface area contributed by atoms with E-state index < -0.39 is 0 Å². The Labute approximate surface area is 125 Å². The summed E-state index contributed by atoms with van der Waals surface area (Å²) in [6, 6.07) is 9.61. The van der Waals surface area contributed by atoms with Crippen molar-refractivity contribution in [2.45, 2.75) is 6.54 Å². The Morgan fingerprint density at radius 1 is 1.18 bits per heavy atom. The predicted octanol–water partition coefficient (Wildman–Crippen LogP) is 3.79. The lowest BCUT2D eigenvalue weighted by molar-refractivity contribution is 0.403. The van der Waals surface area contributed by atoms with Gasteiger partial charge in [-0.1, -0.05) is 5.18 Å². The molecule has 0 aliphatic rings. The van der Waals surface area contributed by atoms with Crippen molar-refractivity contribution in [1.82, 2.24) is 0 Å². The van der Waals surface area contributed by atoms with Gasteiger partial charge in [-0.3, -0.25) is 0 Å². The Hall–Kier alpha value is -3.02. The maximum atomic E-state index is 10.6. The van der Waals surface area contributed by atoms with Crippen LogP contribution in [0, 0.1) is 4.91 Å². The van der Waals surface area contributed by atoms with Gasteiger partial charge in [0.05, 0.1) is 7.11 Å². The molecule has 0 aliphatic heterocycles. The zero-order valence-electron chi connectivity index (χ0n) is 11.7. The van der Waals surface area contributed by atoms with E-state index in [0.29, 0.717) is 28.0 Å². The van der Waals surface area contributed by atoms with Crippen molar-refractivity contribution >= 4 is 11.0 Å². The summed E-state index contributed by atoms with van der Waals surface area (Å²) in [7, 11) is 1.47. The smallest absolute Gasteiger partial charge is 0.177 e. The summed E-state index contributed by atoms with van der Waals surface area (Å²) in [5.74, 6) is 0.987. The van der Waals surface area contributed by atoms with Crippen LogP contribution < -0.4 is 4.74 Å². The third-order valence-electron chi connectivity index (χ3n) is 3.45. The highest BCUT2D eigenvalue weighted by Gasteiger charge is 2.18. The summed E-state index contributed by atoms with van der Waals surface area (Å²) in [6.45, 7) is -0.166. The number of phenols is 2. The van der Waals surface area contributed by atoms with Gasteiger partial charge >= 0.3 is 0 Å². The first kappa shape index (κ1) is 13.9. The molecular formula is C16H13NO5. The van der Waals surface area contributed by atoms with E-state index in [1.54, 1.807) is 30.3 Å². The summed E-state index contributed by atoms with van der Waals surface area (Å²) >= 11 is 0. The molecule has 3 rings (SSSR count). The molecule has 22 heavy (non-hydrogen) atoms. The molecule has 0 saturated carbocycles. The zero-order chi connectivity index (χ0) is 15.7. The number of hydrogen-bond acceptors (Lipinski definition) is 6. The number of phenolic OH excluding ortho intramolecular Hbond substituents is 2. The van der Waals surface area contributed by atoms with Gasteiger partial charge in [0, 0.05) is 22.6 Å². The average molecular weight is 299 g/mol. The van der Waals surface area contributed by atoms with Crippen LogP contribution in [-0.4, -0.2) is 17.3 Å². The lowest BCUT2D eigenvalue weighted by atomic mass is 10.1. The second kappa shape index (κ2) is 5.40. The second-order valence-electron chi connectivity index (χ2n) is 4.76. The van der Waals surface area contributed by atoms with Gasteiger partial charge in [-0.05, 0) is 30.3 Å². The van der Waals surface area contributed by atoms with E-state index in [-0.39, 0.29) is 18.0 Å². The lowest BCUT2D eigenvalue weighted by Gasteiger charge is -2.05. The molecular weight excluding hydrogens is 286 g/mol. The van der Waals surface area contributed by atoms with Crippen molar-refractivity contribution in [2.24, 2.45) is 5.18 Å². The van der Waals surface area contributed by atoms with E-state index in [4.69, 9.17) is 9.15 Å². The van der Waals surface area contributed by atoms with Crippen molar-refractivity contribution in [2.75, 3.05) is 7.11 Å². The van der Waals surface area contributed by atoms with Crippen molar-refractivity contribution in [1.29, 1.82) is 0 Å². The van der Waals surface area contributed by atoms with E-state index >= 15 is 0 Å². The number of benzene rings is 2. The normalized spacial score (nSPS) is 10.8. The summed E-state index contributed by atoms with van der Waals surface area (Å²) < 4.78 is 11.0. The molecule has 1 aromatic heterocycles. The van der Waals surface area contributed by atoms with Crippen LogP contribution in [0.3, 0.4) is 0 Å². The highest BCUT2D eigenvalue weighted by Crippen LogP contribution is 2.40. The molecule has 0 spiro atoms. The number of fused-ring (bicyclic) bond motifs is 1. The van der Waals surface area contributed by atoms with Crippen LogP contribution in [0.2, 0.25) is 0 Å². The van der Waals surface area contributed by atoms with Crippen LogP contribution >= 0.6 is 0 Å². The van der Waals surface area contributed by atoms with Crippen molar-refractivity contribution in [3.05, 3.63) is 46.9 Å². The standard InChI is InChI=1S/C16H13NO5/c1-21-15-7-13(19)12(8-17-20)11-6-14(22-16(11)15)9-2-4-10(18)5-3-9/h2-7,18-19H,8H2,1H3. The number of aromatic hydroxyl groups is 2. The minimum Gasteiger partial charge on any atom is -0.508 e. The van der Waals surface area contributed by atoms with E-state index in [2.05, 4.69) is 5.18 Å². The topological polar surface area (TPSA) is 92.3 Å². The fourth-order valence-electron chi connectivity index (χ4n) is 2.36. The number of furan rings is 1. The number of nitrogens with zero attached hydrogens (tertiary/aromatic N) is 1. The average Bonchev–Trinajstić information content (AvgIpc) is 2.95. The first-order valence-electron chi connectivity index (χ1n) is 6.55. The SMILES string of the molecule is COc1cc(O)c(CN=O)c2cc(-c3ccc(O)cc3)oc12. The highest BCUT2D eigenvalue weighted by atomic mass is 16.5. The quantitative estimate of drug-likeness (QED) is 0.715. The van der Waals surface area contributed by atoms with Gasteiger partial charge in [-0.15, -0.1) is 0 Å². The first-order valence-corrected chi connectivity index (χ1v) is 6.55. The van der Waals surface area contributed by atoms with Gasteiger partial charge in [-0.2, -0.15) is 4.91 Å². The molecule has 0 amide bonds. The minimum atomic E-state index is -0.166. The first-order chi connectivity index (χ1) is 10.6.